The summed E-state index contributed by atoms with van der Waals surface area (Å²) in [6, 6.07) is -0.107. The summed E-state index contributed by atoms with van der Waals surface area (Å²) in [4.78, 5) is 12.2. The van der Waals surface area contributed by atoms with Crippen LogP contribution in [0.4, 0.5) is 5.82 Å². The zero-order chi connectivity index (χ0) is 13.4. The van der Waals surface area contributed by atoms with Crippen molar-refractivity contribution in [1.82, 2.24) is 25.3 Å². The molecular formula is C12H19ClN6O. The highest BCUT2D eigenvalue weighted by atomic mass is 35.5. The molecule has 110 valence electrons. The van der Waals surface area contributed by atoms with E-state index in [-0.39, 0.29) is 24.4 Å². The largest absolute Gasteiger partial charge is 0.309 e. The lowest BCUT2D eigenvalue weighted by molar-refractivity contribution is -0.118. The van der Waals surface area contributed by atoms with Crippen molar-refractivity contribution in [3.63, 3.8) is 0 Å². The van der Waals surface area contributed by atoms with Crippen molar-refractivity contribution in [3.05, 3.63) is 5.69 Å². The summed E-state index contributed by atoms with van der Waals surface area (Å²) in [6.07, 6.45) is 3.12. The molecule has 1 aliphatic heterocycles. The smallest absolute Gasteiger partial charge is 0.242 e. The molecule has 3 rings (SSSR count). The second-order valence-corrected chi connectivity index (χ2v) is 5.00. The zero-order valence-electron chi connectivity index (χ0n) is 11.6. The Bertz CT molecular complexity index is 613. The van der Waals surface area contributed by atoms with E-state index in [2.05, 4.69) is 25.9 Å². The van der Waals surface area contributed by atoms with Crippen LogP contribution in [0.25, 0.3) is 11.0 Å². The topological polar surface area (TPSA) is 87.6 Å². The zero-order valence-corrected chi connectivity index (χ0v) is 12.4. The predicted molar refractivity (Wildman–Crippen MR) is 79.1 cm³/mol. The molecule has 3 heterocycles. The molecule has 0 spiro atoms. The van der Waals surface area contributed by atoms with Crippen molar-refractivity contribution in [2.45, 2.75) is 32.2 Å². The maximum absolute atomic E-state index is 12.2. The average molecular weight is 299 g/mol. The first-order valence-corrected chi connectivity index (χ1v) is 6.58. The second kappa shape index (κ2) is 5.80. The number of halogens is 1. The molecule has 1 aliphatic rings. The number of aromatic nitrogens is 4. The third kappa shape index (κ3) is 2.51. The van der Waals surface area contributed by atoms with Gasteiger partial charge in [0.1, 0.15) is 5.82 Å². The highest BCUT2D eigenvalue weighted by molar-refractivity contribution is 6.01. The monoisotopic (exact) mass is 298 g/mol. The van der Waals surface area contributed by atoms with Gasteiger partial charge in [-0.25, -0.2) is 4.68 Å². The lowest BCUT2D eigenvalue weighted by Gasteiger charge is -2.22. The third-order valence-electron chi connectivity index (χ3n) is 3.59. The number of anilines is 1. The summed E-state index contributed by atoms with van der Waals surface area (Å²) in [5, 5.41) is 18.4. The standard InChI is InChI=1S/C12H18N6O.ClH/c1-7-9-10(15-16-11(9)18(2)17-7)14-12(19)8-5-3-4-6-13-8;/h8,13H,3-6H2,1-2H3,(H2,14,15,16,19);1H/t8-;/m1./s1. The van der Waals surface area contributed by atoms with Gasteiger partial charge in [-0.05, 0) is 26.3 Å². The highest BCUT2D eigenvalue weighted by Gasteiger charge is 2.22. The van der Waals surface area contributed by atoms with Gasteiger partial charge in [0.25, 0.3) is 0 Å². The first-order chi connectivity index (χ1) is 9.16. The van der Waals surface area contributed by atoms with Crippen LogP contribution in [0.2, 0.25) is 0 Å². The van der Waals surface area contributed by atoms with Gasteiger partial charge in [-0.15, -0.1) is 12.4 Å². The van der Waals surface area contributed by atoms with Gasteiger partial charge in [-0.2, -0.15) is 10.2 Å². The van der Waals surface area contributed by atoms with Crippen LogP contribution < -0.4 is 10.6 Å². The molecule has 0 unspecified atom stereocenters. The molecule has 0 aliphatic carbocycles. The van der Waals surface area contributed by atoms with Crippen molar-refractivity contribution in [2.75, 3.05) is 11.9 Å². The van der Waals surface area contributed by atoms with Gasteiger partial charge in [0.15, 0.2) is 5.65 Å². The van der Waals surface area contributed by atoms with Crippen molar-refractivity contribution in [1.29, 1.82) is 0 Å². The van der Waals surface area contributed by atoms with Crippen LogP contribution in [0.15, 0.2) is 0 Å². The number of piperidine rings is 1. The molecule has 8 heteroatoms. The lowest BCUT2D eigenvalue weighted by atomic mass is 10.0. The number of H-pyrrole nitrogens is 1. The maximum atomic E-state index is 12.2. The summed E-state index contributed by atoms with van der Waals surface area (Å²) >= 11 is 0. The molecule has 1 atom stereocenters. The summed E-state index contributed by atoms with van der Waals surface area (Å²) in [5.74, 6) is 0.631. The molecule has 0 saturated carbocycles. The number of aromatic amines is 1. The van der Waals surface area contributed by atoms with Gasteiger partial charge >= 0.3 is 0 Å². The van der Waals surface area contributed by atoms with Crippen LogP contribution in [-0.2, 0) is 11.8 Å². The van der Waals surface area contributed by atoms with E-state index in [1.807, 2.05) is 14.0 Å². The van der Waals surface area contributed by atoms with E-state index in [1.165, 1.54) is 0 Å². The Morgan fingerprint density at radius 1 is 1.45 bits per heavy atom. The molecule has 1 amide bonds. The number of hydrogen-bond acceptors (Lipinski definition) is 4. The molecule has 0 radical (unpaired) electrons. The van der Waals surface area contributed by atoms with Crippen molar-refractivity contribution in [3.8, 4) is 0 Å². The Morgan fingerprint density at radius 2 is 2.25 bits per heavy atom. The number of nitrogens with one attached hydrogen (secondary N) is 3. The third-order valence-corrected chi connectivity index (χ3v) is 3.59. The van der Waals surface area contributed by atoms with Gasteiger partial charge < -0.3 is 10.6 Å². The summed E-state index contributed by atoms with van der Waals surface area (Å²) in [5.41, 5.74) is 1.61. The quantitative estimate of drug-likeness (QED) is 0.775. The normalized spacial score (nSPS) is 18.8. The van der Waals surface area contributed by atoms with Gasteiger partial charge in [0.2, 0.25) is 5.91 Å². The lowest BCUT2D eigenvalue weighted by Crippen LogP contribution is -2.43. The van der Waals surface area contributed by atoms with Crippen molar-refractivity contribution in [2.24, 2.45) is 7.05 Å². The van der Waals surface area contributed by atoms with Crippen LogP contribution >= 0.6 is 12.4 Å². The first-order valence-electron chi connectivity index (χ1n) is 6.58. The Labute approximate surface area is 122 Å². The van der Waals surface area contributed by atoms with E-state index >= 15 is 0 Å². The Kier molecular flexibility index (Phi) is 4.29. The van der Waals surface area contributed by atoms with E-state index in [4.69, 9.17) is 0 Å². The number of carbonyl (C=O) groups is 1. The maximum Gasteiger partial charge on any atom is 0.242 e. The van der Waals surface area contributed by atoms with Crippen LogP contribution in [0.1, 0.15) is 25.0 Å². The molecule has 1 fully saturated rings. The fourth-order valence-corrected chi connectivity index (χ4v) is 2.61. The summed E-state index contributed by atoms with van der Waals surface area (Å²) < 4.78 is 1.70. The molecule has 20 heavy (non-hydrogen) atoms. The SMILES string of the molecule is Cc1nn(C)c2n[nH]c(NC(=O)[C@H]3CCCCN3)c12.Cl. The van der Waals surface area contributed by atoms with Crippen LogP contribution in [-0.4, -0.2) is 38.5 Å². The Hall–Kier alpha value is -1.60. The van der Waals surface area contributed by atoms with E-state index < -0.39 is 0 Å². The van der Waals surface area contributed by atoms with E-state index in [1.54, 1.807) is 4.68 Å². The van der Waals surface area contributed by atoms with Crippen LogP contribution in [0, 0.1) is 6.92 Å². The molecule has 1 saturated heterocycles. The van der Waals surface area contributed by atoms with E-state index in [0.717, 1.165) is 42.5 Å². The summed E-state index contributed by atoms with van der Waals surface area (Å²) in [6.45, 7) is 2.81. The molecule has 3 N–H and O–H groups in total. The van der Waals surface area contributed by atoms with Gasteiger partial charge in [0.05, 0.1) is 17.1 Å². The van der Waals surface area contributed by atoms with E-state index in [0.29, 0.717) is 5.82 Å². The van der Waals surface area contributed by atoms with Gasteiger partial charge in [0, 0.05) is 7.05 Å². The molecule has 7 nitrogen and oxygen atoms in total. The summed E-state index contributed by atoms with van der Waals surface area (Å²) in [7, 11) is 1.84. The predicted octanol–water partition coefficient (Wildman–Crippen LogP) is 1.11. The number of fused-ring (bicyclic) bond motifs is 1. The number of amides is 1. The Morgan fingerprint density at radius 3 is 2.95 bits per heavy atom. The van der Waals surface area contributed by atoms with E-state index in [9.17, 15) is 4.79 Å². The fraction of sp³-hybridized carbons (Fsp3) is 0.583. The van der Waals surface area contributed by atoms with Crippen molar-refractivity contribution >= 4 is 35.2 Å². The average Bonchev–Trinajstić information content (AvgIpc) is 2.94. The molecular weight excluding hydrogens is 280 g/mol. The molecule has 2 aromatic heterocycles. The molecule has 2 aromatic rings. The second-order valence-electron chi connectivity index (χ2n) is 5.00. The molecule has 0 aromatic carbocycles. The van der Waals surface area contributed by atoms with Gasteiger partial charge in [-0.1, -0.05) is 6.42 Å². The Balaban J connectivity index is 0.00000147. The van der Waals surface area contributed by atoms with Crippen LogP contribution in [0.5, 0.6) is 0 Å². The van der Waals surface area contributed by atoms with Crippen molar-refractivity contribution < 1.29 is 4.79 Å². The minimum atomic E-state index is -0.107. The first kappa shape index (κ1) is 14.8. The minimum absolute atomic E-state index is 0. The number of hydrogen-bond donors (Lipinski definition) is 3. The highest BCUT2D eigenvalue weighted by Crippen LogP contribution is 2.23. The molecule has 0 bridgehead atoms. The van der Waals surface area contributed by atoms with Crippen LogP contribution in [0.3, 0.4) is 0 Å². The number of rotatable bonds is 2. The van der Waals surface area contributed by atoms with Gasteiger partial charge in [-0.3, -0.25) is 9.89 Å². The number of aryl methyl sites for hydroxylation is 2. The minimum Gasteiger partial charge on any atom is -0.309 e. The number of nitrogens with zero attached hydrogens (tertiary/aromatic N) is 3. The number of carbonyl (C=O) groups excluding carboxylic acids is 1. The fourth-order valence-electron chi connectivity index (χ4n) is 2.61.